The van der Waals surface area contributed by atoms with Crippen LogP contribution in [0.5, 0.6) is 5.75 Å². The molecule has 2 aromatic rings. The molecule has 3 rings (SSSR count). The van der Waals surface area contributed by atoms with Crippen molar-refractivity contribution in [2.45, 2.75) is 12.8 Å². The molecule has 0 saturated heterocycles. The van der Waals surface area contributed by atoms with E-state index in [1.165, 1.54) is 0 Å². The Morgan fingerprint density at radius 1 is 1.08 bits per heavy atom. The third-order valence-electron chi connectivity index (χ3n) is 4.04. The Hall–Kier alpha value is -3.15. The van der Waals surface area contributed by atoms with Crippen molar-refractivity contribution >= 4 is 23.3 Å². The summed E-state index contributed by atoms with van der Waals surface area (Å²) >= 11 is 0. The monoisotopic (exact) mass is 338 g/mol. The number of amides is 2. The van der Waals surface area contributed by atoms with Crippen molar-refractivity contribution in [2.24, 2.45) is 0 Å². The largest absolute Gasteiger partial charge is 0.485 e. The Kier molecular flexibility index (Phi) is 4.79. The molecule has 25 heavy (non-hydrogen) atoms. The average molecular weight is 338 g/mol. The molecule has 1 aliphatic heterocycles. The van der Waals surface area contributed by atoms with E-state index in [1.54, 1.807) is 49.5 Å². The minimum absolute atomic E-state index is 0.00453. The molecule has 0 atom stereocenters. The van der Waals surface area contributed by atoms with E-state index < -0.39 is 0 Å². The lowest BCUT2D eigenvalue weighted by Gasteiger charge is -2.17. The first-order chi connectivity index (χ1) is 12.1. The third-order valence-corrected chi connectivity index (χ3v) is 4.04. The van der Waals surface area contributed by atoms with Crippen molar-refractivity contribution in [3.05, 3.63) is 59.2 Å². The number of Topliss-reactive ketones (excluding diaryl/α,β-unsaturated/α-hetero) is 1. The number of aryl methyl sites for hydroxylation is 1. The molecule has 0 spiro atoms. The Morgan fingerprint density at radius 2 is 1.80 bits per heavy atom. The molecule has 0 bridgehead atoms. The fourth-order valence-electron chi connectivity index (χ4n) is 2.64. The van der Waals surface area contributed by atoms with Gasteiger partial charge < -0.3 is 15.4 Å². The summed E-state index contributed by atoms with van der Waals surface area (Å²) in [6.45, 7) is -0.0928. The molecule has 2 aromatic carbocycles. The number of ketones is 1. The van der Waals surface area contributed by atoms with Crippen molar-refractivity contribution in [3.8, 4) is 5.75 Å². The minimum Gasteiger partial charge on any atom is -0.485 e. The zero-order valence-corrected chi connectivity index (χ0v) is 13.8. The van der Waals surface area contributed by atoms with Crippen molar-refractivity contribution in [1.29, 1.82) is 0 Å². The Morgan fingerprint density at radius 3 is 2.52 bits per heavy atom. The lowest BCUT2D eigenvalue weighted by atomic mass is 9.99. The molecule has 2 amide bonds. The predicted octanol–water partition coefficient (Wildman–Crippen LogP) is 2.19. The van der Waals surface area contributed by atoms with E-state index in [9.17, 15) is 14.4 Å². The van der Waals surface area contributed by atoms with Crippen molar-refractivity contribution < 1.29 is 19.1 Å². The molecule has 0 aromatic heterocycles. The molecular weight excluding hydrogens is 320 g/mol. The van der Waals surface area contributed by atoms with E-state index in [1.807, 2.05) is 0 Å². The molecular formula is C19H18N2O4. The second-order valence-corrected chi connectivity index (χ2v) is 5.74. The van der Waals surface area contributed by atoms with Gasteiger partial charge in [0, 0.05) is 30.3 Å². The summed E-state index contributed by atoms with van der Waals surface area (Å²) in [7, 11) is 1.56. The maximum atomic E-state index is 12.3. The van der Waals surface area contributed by atoms with Gasteiger partial charge in [-0.25, -0.2) is 0 Å². The van der Waals surface area contributed by atoms with Crippen LogP contribution in [0.25, 0.3) is 0 Å². The van der Waals surface area contributed by atoms with Gasteiger partial charge in [-0.3, -0.25) is 14.4 Å². The van der Waals surface area contributed by atoms with Crippen molar-refractivity contribution in [2.75, 3.05) is 19.0 Å². The molecule has 6 heteroatoms. The van der Waals surface area contributed by atoms with Gasteiger partial charge in [-0.15, -0.1) is 0 Å². The number of fused-ring (bicyclic) bond motifs is 1. The SMILES string of the molecule is CNC(=O)c1ccc(OCC(=O)c2ccc3c(c2)CCC(=O)N3)cc1. The van der Waals surface area contributed by atoms with Gasteiger partial charge in [-0.2, -0.15) is 0 Å². The summed E-state index contributed by atoms with van der Waals surface area (Å²) in [4.78, 5) is 35.2. The zero-order valence-electron chi connectivity index (χ0n) is 13.8. The van der Waals surface area contributed by atoms with Gasteiger partial charge in [0.2, 0.25) is 5.91 Å². The first-order valence-corrected chi connectivity index (χ1v) is 7.98. The minimum atomic E-state index is -0.177. The van der Waals surface area contributed by atoms with E-state index in [0.717, 1.165) is 11.3 Å². The number of nitrogens with one attached hydrogen (secondary N) is 2. The fourth-order valence-corrected chi connectivity index (χ4v) is 2.64. The molecule has 0 fully saturated rings. The number of benzene rings is 2. The van der Waals surface area contributed by atoms with Crippen LogP contribution in [0.15, 0.2) is 42.5 Å². The normalized spacial score (nSPS) is 12.8. The second-order valence-electron chi connectivity index (χ2n) is 5.74. The standard InChI is InChI=1S/C19H18N2O4/c1-20-19(24)12-2-6-15(7-3-12)25-11-17(22)14-4-8-16-13(10-14)5-9-18(23)21-16/h2-4,6-8,10H,5,9,11H2,1H3,(H,20,24)(H,21,23). The van der Waals surface area contributed by atoms with Crippen LogP contribution in [0, 0.1) is 0 Å². The Bertz CT molecular complexity index is 828. The fraction of sp³-hybridized carbons (Fsp3) is 0.211. The smallest absolute Gasteiger partial charge is 0.251 e. The molecule has 1 heterocycles. The van der Waals surface area contributed by atoms with E-state index in [2.05, 4.69) is 10.6 Å². The predicted molar refractivity (Wildman–Crippen MR) is 93.1 cm³/mol. The van der Waals surface area contributed by atoms with Gasteiger partial charge in [0.15, 0.2) is 12.4 Å². The third kappa shape index (κ3) is 3.85. The topological polar surface area (TPSA) is 84.5 Å². The van der Waals surface area contributed by atoms with E-state index in [4.69, 9.17) is 4.74 Å². The number of ether oxygens (including phenoxy) is 1. The number of rotatable bonds is 5. The molecule has 0 radical (unpaired) electrons. The van der Waals surface area contributed by atoms with Crippen LogP contribution in [0.2, 0.25) is 0 Å². The van der Waals surface area contributed by atoms with Crippen LogP contribution >= 0.6 is 0 Å². The van der Waals surface area contributed by atoms with Gasteiger partial charge >= 0.3 is 0 Å². The van der Waals surface area contributed by atoms with Crippen LogP contribution in [0.4, 0.5) is 5.69 Å². The number of hydrogen-bond acceptors (Lipinski definition) is 4. The quantitative estimate of drug-likeness (QED) is 0.819. The Balaban J connectivity index is 1.63. The summed E-state index contributed by atoms with van der Waals surface area (Å²) < 4.78 is 5.50. The maximum Gasteiger partial charge on any atom is 0.251 e. The molecule has 128 valence electrons. The van der Waals surface area contributed by atoms with Gasteiger partial charge in [-0.1, -0.05) is 0 Å². The summed E-state index contributed by atoms with van der Waals surface area (Å²) in [5, 5.41) is 5.33. The van der Waals surface area contributed by atoms with Gasteiger partial charge in [0.05, 0.1) is 0 Å². The highest BCUT2D eigenvalue weighted by atomic mass is 16.5. The maximum absolute atomic E-state index is 12.3. The van der Waals surface area contributed by atoms with Gasteiger partial charge in [0.25, 0.3) is 5.91 Å². The second kappa shape index (κ2) is 7.17. The molecule has 0 aliphatic carbocycles. The first-order valence-electron chi connectivity index (χ1n) is 7.98. The van der Waals surface area contributed by atoms with Crippen LogP contribution in [0.3, 0.4) is 0 Å². The highest BCUT2D eigenvalue weighted by Crippen LogP contribution is 2.24. The molecule has 1 aliphatic rings. The number of carbonyl (C=O) groups is 3. The number of hydrogen-bond donors (Lipinski definition) is 2. The van der Waals surface area contributed by atoms with Gasteiger partial charge in [-0.05, 0) is 54.4 Å². The summed E-state index contributed by atoms with van der Waals surface area (Å²) in [5.41, 5.74) is 2.80. The van der Waals surface area contributed by atoms with Crippen LogP contribution in [0.1, 0.15) is 32.7 Å². The van der Waals surface area contributed by atoms with Crippen molar-refractivity contribution in [3.63, 3.8) is 0 Å². The first kappa shape index (κ1) is 16.7. The summed E-state index contributed by atoms with van der Waals surface area (Å²) in [5.74, 6) is 0.195. The zero-order chi connectivity index (χ0) is 17.8. The average Bonchev–Trinajstić information content (AvgIpc) is 2.65. The Labute approximate surface area is 145 Å². The van der Waals surface area contributed by atoms with Crippen LogP contribution in [-0.2, 0) is 11.2 Å². The van der Waals surface area contributed by atoms with E-state index in [0.29, 0.717) is 29.7 Å². The highest BCUT2D eigenvalue weighted by Gasteiger charge is 2.17. The summed E-state index contributed by atoms with van der Waals surface area (Å²) in [6.07, 6.45) is 1.06. The summed E-state index contributed by atoms with van der Waals surface area (Å²) in [6, 6.07) is 11.8. The molecule has 2 N–H and O–H groups in total. The number of carbonyl (C=O) groups excluding carboxylic acids is 3. The highest BCUT2D eigenvalue weighted by molar-refractivity contribution is 5.99. The van der Waals surface area contributed by atoms with Crippen LogP contribution < -0.4 is 15.4 Å². The molecule has 0 unspecified atom stereocenters. The lowest BCUT2D eigenvalue weighted by Crippen LogP contribution is -2.20. The van der Waals surface area contributed by atoms with E-state index >= 15 is 0 Å². The van der Waals surface area contributed by atoms with E-state index in [-0.39, 0.29) is 24.2 Å². The molecule has 0 saturated carbocycles. The lowest BCUT2D eigenvalue weighted by molar-refractivity contribution is -0.116. The number of anilines is 1. The van der Waals surface area contributed by atoms with Gasteiger partial charge in [0.1, 0.15) is 5.75 Å². The molecule has 6 nitrogen and oxygen atoms in total. The van der Waals surface area contributed by atoms with Crippen LogP contribution in [-0.4, -0.2) is 31.3 Å². The van der Waals surface area contributed by atoms with Crippen molar-refractivity contribution in [1.82, 2.24) is 5.32 Å².